The molecule has 1 aromatic heterocycles. The minimum atomic E-state index is -0.973. The predicted molar refractivity (Wildman–Crippen MR) is 111 cm³/mol. The number of aryl methyl sites for hydroxylation is 1. The third kappa shape index (κ3) is 4.72. The molecule has 0 bridgehead atoms. The first kappa shape index (κ1) is 19.5. The van der Waals surface area contributed by atoms with Gasteiger partial charge < -0.3 is 10.6 Å². The van der Waals surface area contributed by atoms with Gasteiger partial charge in [0, 0.05) is 16.8 Å². The van der Waals surface area contributed by atoms with Gasteiger partial charge in [0.2, 0.25) is 5.78 Å². The van der Waals surface area contributed by atoms with Crippen LogP contribution in [0.2, 0.25) is 0 Å². The quantitative estimate of drug-likeness (QED) is 0.464. The topological polar surface area (TPSA) is 75.3 Å². The first-order chi connectivity index (χ1) is 13.4. The van der Waals surface area contributed by atoms with Crippen molar-refractivity contribution in [1.29, 1.82) is 0 Å². The second-order valence-electron chi connectivity index (χ2n) is 6.40. The Balaban J connectivity index is 1.88. The molecule has 3 rings (SSSR count). The van der Waals surface area contributed by atoms with Crippen LogP contribution in [-0.2, 0) is 0 Å². The van der Waals surface area contributed by atoms with Gasteiger partial charge in [0.05, 0.1) is 4.88 Å². The molecule has 5 nitrogen and oxygen atoms in total. The molecular formula is C22H20N2O3S. The summed E-state index contributed by atoms with van der Waals surface area (Å²) in [5.74, 6) is -0.679. The number of carbonyl (C=O) groups excluding carboxylic acids is 3. The van der Waals surface area contributed by atoms with E-state index >= 15 is 0 Å². The van der Waals surface area contributed by atoms with Crippen LogP contribution in [0.3, 0.4) is 0 Å². The highest BCUT2D eigenvalue weighted by atomic mass is 32.1. The van der Waals surface area contributed by atoms with Crippen LogP contribution in [0.1, 0.15) is 42.9 Å². The van der Waals surface area contributed by atoms with Crippen LogP contribution in [-0.4, -0.2) is 23.6 Å². The lowest BCUT2D eigenvalue weighted by atomic mass is 10.1. The monoisotopic (exact) mass is 392 g/mol. The van der Waals surface area contributed by atoms with Crippen LogP contribution in [0.15, 0.2) is 66.0 Å². The molecular weight excluding hydrogens is 372 g/mol. The van der Waals surface area contributed by atoms with Crippen molar-refractivity contribution in [2.75, 3.05) is 5.32 Å². The molecule has 0 aliphatic rings. The summed E-state index contributed by atoms with van der Waals surface area (Å²) < 4.78 is 0. The molecule has 1 amide bonds. The summed E-state index contributed by atoms with van der Waals surface area (Å²) in [4.78, 5) is 37.7. The molecule has 2 N–H and O–H groups in total. The normalized spacial score (nSPS) is 11.5. The van der Waals surface area contributed by atoms with E-state index in [4.69, 9.17) is 0 Å². The van der Waals surface area contributed by atoms with E-state index in [9.17, 15) is 14.4 Å². The largest absolute Gasteiger partial charge is 0.359 e. The molecule has 0 fully saturated rings. The van der Waals surface area contributed by atoms with Crippen LogP contribution in [0.4, 0.5) is 5.69 Å². The number of rotatable bonds is 7. The minimum absolute atomic E-state index is 0.0762. The van der Waals surface area contributed by atoms with Crippen molar-refractivity contribution in [3.63, 3.8) is 0 Å². The van der Waals surface area contributed by atoms with Gasteiger partial charge in [0.15, 0.2) is 11.9 Å². The van der Waals surface area contributed by atoms with Crippen LogP contribution in [0.25, 0.3) is 0 Å². The Labute approximate surface area is 167 Å². The maximum atomic E-state index is 13.0. The fourth-order valence-corrected chi connectivity index (χ4v) is 3.28. The fraction of sp³-hybridized carbons (Fsp3) is 0.136. The summed E-state index contributed by atoms with van der Waals surface area (Å²) in [5.41, 5.74) is 2.62. The predicted octanol–water partition coefficient (Wildman–Crippen LogP) is 4.31. The molecule has 28 heavy (non-hydrogen) atoms. The summed E-state index contributed by atoms with van der Waals surface area (Å²) in [6, 6.07) is 17.5. The Morgan fingerprint density at radius 2 is 1.68 bits per heavy atom. The van der Waals surface area contributed by atoms with Gasteiger partial charge in [-0.3, -0.25) is 14.4 Å². The number of anilines is 1. The Morgan fingerprint density at radius 1 is 0.929 bits per heavy atom. The van der Waals surface area contributed by atoms with Crippen molar-refractivity contribution >= 4 is 34.5 Å². The van der Waals surface area contributed by atoms with E-state index in [2.05, 4.69) is 10.6 Å². The summed E-state index contributed by atoms with van der Waals surface area (Å²) in [6.45, 7) is 3.42. The first-order valence-corrected chi connectivity index (χ1v) is 9.65. The Bertz CT molecular complexity index is 995. The number of ketones is 2. The van der Waals surface area contributed by atoms with Gasteiger partial charge in [-0.05, 0) is 37.4 Å². The van der Waals surface area contributed by atoms with Crippen LogP contribution in [0.5, 0.6) is 0 Å². The van der Waals surface area contributed by atoms with Gasteiger partial charge in [-0.15, -0.1) is 11.3 Å². The molecule has 1 heterocycles. The number of amides is 1. The van der Waals surface area contributed by atoms with Gasteiger partial charge in [0.25, 0.3) is 5.91 Å². The number of Topliss-reactive ketones (excluding diaryl/α,β-unsaturated/α-hetero) is 2. The van der Waals surface area contributed by atoms with Gasteiger partial charge in [-0.25, -0.2) is 0 Å². The molecule has 142 valence electrons. The molecule has 0 radical (unpaired) electrons. The number of carbonyl (C=O) groups is 3. The van der Waals surface area contributed by atoms with Crippen molar-refractivity contribution < 1.29 is 14.4 Å². The number of hydrogen-bond donors (Lipinski definition) is 2. The number of benzene rings is 2. The first-order valence-electron chi connectivity index (χ1n) is 8.77. The summed E-state index contributed by atoms with van der Waals surface area (Å²) in [6.07, 6.45) is -0.973. The second kappa shape index (κ2) is 8.63. The van der Waals surface area contributed by atoms with Gasteiger partial charge >= 0.3 is 0 Å². The average Bonchev–Trinajstić information content (AvgIpc) is 3.22. The van der Waals surface area contributed by atoms with Crippen LogP contribution in [0, 0.1) is 6.92 Å². The van der Waals surface area contributed by atoms with E-state index in [1.807, 2.05) is 19.1 Å². The standard InChI is InChI=1S/C22H20N2O3S/c1-14-8-10-16(11-9-14)20(26)21(24-22(27)19-7-4-12-28-19)23-18-6-3-5-17(13-18)15(2)25/h3-13,21,23H,1-2H3,(H,24,27)/t21-/m1/s1. The summed E-state index contributed by atoms with van der Waals surface area (Å²) in [7, 11) is 0. The van der Waals surface area contributed by atoms with Crippen molar-refractivity contribution in [1.82, 2.24) is 5.32 Å². The van der Waals surface area contributed by atoms with Crippen molar-refractivity contribution in [2.24, 2.45) is 0 Å². The summed E-state index contributed by atoms with van der Waals surface area (Å²) >= 11 is 1.30. The van der Waals surface area contributed by atoms with E-state index in [1.165, 1.54) is 18.3 Å². The molecule has 0 saturated carbocycles. The smallest absolute Gasteiger partial charge is 0.263 e. The lowest BCUT2D eigenvalue weighted by molar-refractivity contribution is 0.0872. The Morgan fingerprint density at radius 3 is 2.32 bits per heavy atom. The highest BCUT2D eigenvalue weighted by Crippen LogP contribution is 2.15. The molecule has 1 atom stereocenters. The lowest BCUT2D eigenvalue weighted by Crippen LogP contribution is -2.46. The highest BCUT2D eigenvalue weighted by molar-refractivity contribution is 7.12. The number of thiophene rings is 1. The molecule has 0 aliphatic carbocycles. The van der Waals surface area contributed by atoms with Gasteiger partial charge in [-0.2, -0.15) is 0 Å². The molecule has 2 aromatic carbocycles. The van der Waals surface area contributed by atoms with E-state index in [1.54, 1.807) is 53.9 Å². The van der Waals surface area contributed by atoms with E-state index in [-0.39, 0.29) is 17.5 Å². The Hall–Kier alpha value is -3.25. The third-order valence-corrected chi connectivity index (χ3v) is 5.07. The van der Waals surface area contributed by atoms with Gasteiger partial charge in [0.1, 0.15) is 0 Å². The summed E-state index contributed by atoms with van der Waals surface area (Å²) in [5, 5.41) is 7.61. The van der Waals surface area contributed by atoms with E-state index < -0.39 is 6.17 Å². The molecule has 0 unspecified atom stereocenters. The lowest BCUT2D eigenvalue weighted by Gasteiger charge is -2.20. The number of hydrogen-bond acceptors (Lipinski definition) is 5. The van der Waals surface area contributed by atoms with Crippen molar-refractivity contribution in [3.05, 3.63) is 87.6 Å². The molecule has 6 heteroatoms. The van der Waals surface area contributed by atoms with Gasteiger partial charge in [-0.1, -0.05) is 48.0 Å². The average molecular weight is 392 g/mol. The van der Waals surface area contributed by atoms with Crippen molar-refractivity contribution in [2.45, 2.75) is 20.0 Å². The zero-order chi connectivity index (χ0) is 20.1. The molecule has 0 aliphatic heterocycles. The maximum absolute atomic E-state index is 13.0. The van der Waals surface area contributed by atoms with Crippen LogP contribution < -0.4 is 10.6 Å². The molecule has 0 spiro atoms. The van der Waals surface area contributed by atoms with E-state index in [0.29, 0.717) is 21.7 Å². The van der Waals surface area contributed by atoms with Crippen LogP contribution >= 0.6 is 11.3 Å². The van der Waals surface area contributed by atoms with E-state index in [0.717, 1.165) is 5.56 Å². The zero-order valence-electron chi connectivity index (χ0n) is 15.6. The molecule has 0 saturated heterocycles. The van der Waals surface area contributed by atoms with Crippen molar-refractivity contribution in [3.8, 4) is 0 Å². The fourth-order valence-electron chi connectivity index (χ4n) is 2.66. The SMILES string of the molecule is CC(=O)c1cccc(N[C@H](NC(=O)c2cccs2)C(=O)c2ccc(C)cc2)c1. The zero-order valence-corrected chi connectivity index (χ0v) is 16.4. The number of nitrogens with one attached hydrogen (secondary N) is 2. The maximum Gasteiger partial charge on any atom is 0.263 e. The highest BCUT2D eigenvalue weighted by Gasteiger charge is 2.23. The minimum Gasteiger partial charge on any atom is -0.359 e. The molecule has 3 aromatic rings. The second-order valence-corrected chi connectivity index (χ2v) is 7.34. The third-order valence-electron chi connectivity index (χ3n) is 4.20. The Kier molecular flexibility index (Phi) is 6.01.